The maximum Gasteiger partial charge on any atom is 0.255 e. The lowest BCUT2D eigenvalue weighted by Gasteiger charge is -2.20. The third kappa shape index (κ3) is 3.80. The minimum atomic E-state index is -3.61. The first-order chi connectivity index (χ1) is 12.2. The third-order valence-electron chi connectivity index (χ3n) is 4.02. The number of hydrogen-bond acceptors (Lipinski definition) is 5. The molecule has 3 rings (SSSR count). The lowest BCUT2D eigenvalue weighted by atomic mass is 10.3. The summed E-state index contributed by atoms with van der Waals surface area (Å²) in [4.78, 5) is 12.2. The van der Waals surface area contributed by atoms with Crippen molar-refractivity contribution in [1.82, 2.24) is 4.57 Å². The van der Waals surface area contributed by atoms with Gasteiger partial charge in [0.25, 0.3) is 5.56 Å². The molecule has 0 radical (unpaired) electrons. The Morgan fingerprint density at radius 3 is 2.58 bits per heavy atom. The summed E-state index contributed by atoms with van der Waals surface area (Å²) in [5.41, 5.74) is -0.246. The van der Waals surface area contributed by atoms with Crippen LogP contribution in [0.5, 0.6) is 5.75 Å². The van der Waals surface area contributed by atoms with Crippen molar-refractivity contribution in [1.29, 1.82) is 0 Å². The molecule has 2 N–H and O–H groups in total. The van der Waals surface area contributed by atoms with Crippen LogP contribution >= 0.6 is 22.6 Å². The summed E-state index contributed by atoms with van der Waals surface area (Å²) in [6.45, 7) is 0. The van der Waals surface area contributed by atoms with E-state index in [9.17, 15) is 17.6 Å². The number of hydrogen-bond donors (Lipinski definition) is 2. The molecule has 0 aliphatic heterocycles. The predicted molar refractivity (Wildman–Crippen MR) is 106 cm³/mol. The molecule has 0 amide bonds. The van der Waals surface area contributed by atoms with Gasteiger partial charge in [-0.2, -0.15) is 0 Å². The highest BCUT2D eigenvalue weighted by atomic mass is 127. The first-order valence-corrected chi connectivity index (χ1v) is 10.4. The fourth-order valence-electron chi connectivity index (χ4n) is 2.40. The van der Waals surface area contributed by atoms with Crippen LogP contribution < -0.4 is 20.3 Å². The fraction of sp³-hybridized carbons (Fsp3) is 0.312. The van der Waals surface area contributed by atoms with Crippen molar-refractivity contribution in [2.45, 2.75) is 18.1 Å². The standard InChI is InChI=1S/C16H17FIN3O4S/c1-21-14(22)8-13(25-2)15(20-26(23,24)10-4-5-10)16(21)19-12-6-3-9(18)7-11(12)17/h3,6-8,10,19-20H,4-5H2,1-2H3. The molecule has 1 fully saturated rings. The number of ether oxygens (including phenoxy) is 1. The molecule has 2 aromatic rings. The summed E-state index contributed by atoms with van der Waals surface area (Å²) < 4.78 is 48.6. The Bertz CT molecular complexity index is 1020. The molecule has 10 heteroatoms. The van der Waals surface area contributed by atoms with E-state index in [4.69, 9.17) is 4.74 Å². The van der Waals surface area contributed by atoms with Crippen LogP contribution in [-0.4, -0.2) is 25.3 Å². The predicted octanol–water partition coefficient (Wildman–Crippen LogP) is 2.79. The lowest BCUT2D eigenvalue weighted by Crippen LogP contribution is -2.24. The van der Waals surface area contributed by atoms with E-state index in [1.54, 1.807) is 6.07 Å². The summed E-state index contributed by atoms with van der Waals surface area (Å²) in [5, 5.41) is 2.35. The molecule has 0 atom stereocenters. The summed E-state index contributed by atoms with van der Waals surface area (Å²) in [6.07, 6.45) is 1.16. The van der Waals surface area contributed by atoms with E-state index in [1.165, 1.54) is 36.9 Å². The van der Waals surface area contributed by atoms with Crippen LogP contribution in [0.3, 0.4) is 0 Å². The zero-order valence-corrected chi connectivity index (χ0v) is 17.0. The molecular weight excluding hydrogens is 476 g/mol. The van der Waals surface area contributed by atoms with Gasteiger partial charge in [0.1, 0.15) is 17.3 Å². The van der Waals surface area contributed by atoms with Gasteiger partial charge in [0.15, 0.2) is 5.75 Å². The molecular formula is C16H17FIN3O4S. The van der Waals surface area contributed by atoms with E-state index in [-0.39, 0.29) is 22.9 Å². The highest BCUT2D eigenvalue weighted by Crippen LogP contribution is 2.37. The molecule has 140 valence electrons. The number of benzene rings is 1. The molecule has 1 aromatic heterocycles. The van der Waals surface area contributed by atoms with E-state index >= 15 is 0 Å². The van der Waals surface area contributed by atoms with Gasteiger partial charge in [0, 0.05) is 16.7 Å². The van der Waals surface area contributed by atoms with E-state index in [1.807, 2.05) is 22.6 Å². The zero-order valence-electron chi connectivity index (χ0n) is 14.0. The Labute approximate surface area is 163 Å². The Kier molecular flexibility index (Phi) is 5.15. The molecule has 0 spiro atoms. The first kappa shape index (κ1) is 19.0. The fourth-order valence-corrected chi connectivity index (χ4v) is 4.26. The summed E-state index contributed by atoms with van der Waals surface area (Å²) in [6, 6.07) is 5.72. The highest BCUT2D eigenvalue weighted by molar-refractivity contribution is 14.1. The molecule has 0 unspecified atom stereocenters. The third-order valence-corrected chi connectivity index (χ3v) is 6.52. The van der Waals surface area contributed by atoms with Crippen molar-refractivity contribution in [3.8, 4) is 5.75 Å². The van der Waals surface area contributed by atoms with Crippen molar-refractivity contribution in [3.63, 3.8) is 0 Å². The van der Waals surface area contributed by atoms with Crippen molar-refractivity contribution < 1.29 is 17.5 Å². The maximum atomic E-state index is 14.2. The van der Waals surface area contributed by atoms with E-state index in [0.717, 1.165) is 0 Å². The summed E-state index contributed by atoms with van der Waals surface area (Å²) in [7, 11) is -0.820. The maximum absolute atomic E-state index is 14.2. The number of aromatic nitrogens is 1. The molecule has 1 aliphatic rings. The van der Waals surface area contributed by atoms with Gasteiger partial charge < -0.3 is 10.1 Å². The minimum Gasteiger partial charge on any atom is -0.494 e. The van der Waals surface area contributed by atoms with Gasteiger partial charge in [0.05, 0.1) is 18.0 Å². The van der Waals surface area contributed by atoms with Gasteiger partial charge >= 0.3 is 0 Å². The van der Waals surface area contributed by atoms with Crippen molar-refractivity contribution in [3.05, 3.63) is 44.0 Å². The van der Waals surface area contributed by atoms with Crippen LogP contribution in [0.25, 0.3) is 0 Å². The number of nitrogens with zero attached hydrogens (tertiary/aromatic N) is 1. The SMILES string of the molecule is COc1cc(=O)n(C)c(Nc2ccc(I)cc2F)c1NS(=O)(=O)C1CC1. The zero-order chi connectivity index (χ0) is 19.1. The van der Waals surface area contributed by atoms with Crippen LogP contribution in [0.15, 0.2) is 29.1 Å². The van der Waals surface area contributed by atoms with Crippen molar-refractivity contribution in [2.24, 2.45) is 7.05 Å². The van der Waals surface area contributed by atoms with Gasteiger partial charge in [-0.05, 0) is 53.6 Å². The quantitative estimate of drug-likeness (QED) is 0.605. The Balaban J connectivity index is 2.12. The van der Waals surface area contributed by atoms with Crippen LogP contribution in [0.4, 0.5) is 21.6 Å². The summed E-state index contributed by atoms with van der Waals surface area (Å²) in [5.74, 6) is -0.368. The molecule has 1 heterocycles. The Morgan fingerprint density at radius 1 is 1.31 bits per heavy atom. The lowest BCUT2D eigenvalue weighted by molar-refractivity contribution is 0.415. The van der Waals surface area contributed by atoms with Crippen LogP contribution in [0.1, 0.15) is 12.8 Å². The van der Waals surface area contributed by atoms with Gasteiger partial charge in [-0.1, -0.05) is 0 Å². The van der Waals surface area contributed by atoms with E-state index in [2.05, 4.69) is 10.0 Å². The van der Waals surface area contributed by atoms with Gasteiger partial charge in [0.2, 0.25) is 10.0 Å². The first-order valence-electron chi connectivity index (χ1n) is 7.74. The number of methoxy groups -OCH3 is 1. The number of rotatable bonds is 6. The average molecular weight is 493 g/mol. The Hall–Kier alpha value is -1.82. The second-order valence-corrected chi connectivity index (χ2v) is 9.14. The number of pyridine rings is 1. The minimum absolute atomic E-state index is 0.0609. The van der Waals surface area contributed by atoms with E-state index in [0.29, 0.717) is 16.4 Å². The number of sulfonamides is 1. The van der Waals surface area contributed by atoms with Crippen molar-refractivity contribution >= 4 is 49.8 Å². The molecule has 0 saturated heterocycles. The molecule has 0 bridgehead atoms. The van der Waals surface area contributed by atoms with Crippen LogP contribution in [0, 0.1) is 9.39 Å². The highest BCUT2D eigenvalue weighted by Gasteiger charge is 2.37. The van der Waals surface area contributed by atoms with Gasteiger partial charge in [-0.3, -0.25) is 14.1 Å². The largest absolute Gasteiger partial charge is 0.494 e. The molecule has 26 heavy (non-hydrogen) atoms. The van der Waals surface area contributed by atoms with Crippen molar-refractivity contribution in [2.75, 3.05) is 17.1 Å². The van der Waals surface area contributed by atoms with Crippen LogP contribution in [-0.2, 0) is 17.1 Å². The smallest absolute Gasteiger partial charge is 0.255 e. The summed E-state index contributed by atoms with van der Waals surface area (Å²) >= 11 is 1.98. The molecule has 1 aromatic carbocycles. The topological polar surface area (TPSA) is 89.4 Å². The molecule has 7 nitrogen and oxygen atoms in total. The molecule has 1 saturated carbocycles. The normalized spacial score (nSPS) is 14.2. The Morgan fingerprint density at radius 2 is 2.00 bits per heavy atom. The van der Waals surface area contributed by atoms with Gasteiger partial charge in [-0.25, -0.2) is 12.8 Å². The second kappa shape index (κ2) is 7.06. The monoisotopic (exact) mass is 493 g/mol. The average Bonchev–Trinajstić information content (AvgIpc) is 3.41. The van der Waals surface area contributed by atoms with E-state index < -0.39 is 26.6 Å². The second-order valence-electron chi connectivity index (χ2n) is 5.93. The number of anilines is 3. The number of nitrogens with one attached hydrogen (secondary N) is 2. The van der Waals surface area contributed by atoms with Gasteiger partial charge in [-0.15, -0.1) is 0 Å². The van der Waals surface area contributed by atoms with Crippen LogP contribution in [0.2, 0.25) is 0 Å². The number of halogens is 2. The molecule has 1 aliphatic carbocycles.